The third-order valence-corrected chi connectivity index (χ3v) is 5.10. The van der Waals surface area contributed by atoms with Crippen LogP contribution in [0.3, 0.4) is 0 Å². The summed E-state index contributed by atoms with van der Waals surface area (Å²) in [5.74, 6) is 0. The highest BCUT2D eigenvalue weighted by molar-refractivity contribution is 9.10. The molecule has 0 N–H and O–H groups in total. The Morgan fingerprint density at radius 3 is 2.42 bits per heavy atom. The summed E-state index contributed by atoms with van der Waals surface area (Å²) in [6, 6.07) is 14.8. The fourth-order valence-corrected chi connectivity index (χ4v) is 3.51. The van der Waals surface area contributed by atoms with E-state index in [9.17, 15) is 0 Å². The Balaban J connectivity index is 1.67. The van der Waals surface area contributed by atoms with Crippen molar-refractivity contribution < 1.29 is 0 Å². The molecule has 0 radical (unpaired) electrons. The van der Waals surface area contributed by atoms with Gasteiger partial charge in [0, 0.05) is 47.3 Å². The van der Waals surface area contributed by atoms with Crippen LogP contribution >= 0.6 is 15.9 Å². The first-order chi connectivity index (χ1) is 11.7. The summed E-state index contributed by atoms with van der Waals surface area (Å²) < 4.78 is 1.04. The van der Waals surface area contributed by atoms with Crippen molar-refractivity contribution in [1.82, 2.24) is 14.9 Å². The van der Waals surface area contributed by atoms with Crippen molar-refractivity contribution in [2.24, 2.45) is 0 Å². The molecule has 4 rings (SSSR count). The van der Waals surface area contributed by atoms with Crippen LogP contribution in [0.2, 0.25) is 0 Å². The third-order valence-electron chi connectivity index (χ3n) is 4.61. The fourth-order valence-electron chi connectivity index (χ4n) is 3.15. The monoisotopic (exact) mass is 382 g/mol. The molecule has 5 heteroatoms. The van der Waals surface area contributed by atoms with E-state index in [-0.39, 0.29) is 0 Å². The van der Waals surface area contributed by atoms with Crippen LogP contribution in [0.5, 0.6) is 0 Å². The molecule has 0 unspecified atom stereocenters. The van der Waals surface area contributed by atoms with Gasteiger partial charge in [0.15, 0.2) is 0 Å². The number of nitrogens with zero attached hydrogens (tertiary/aromatic N) is 4. The standard InChI is InChI=1S/C19H19BrN4/c1-23-8-10-24(11-9-23)16-5-2-14(3-6-16)19-17-12-15(20)4-7-18(17)21-13-22-19/h2-7,12-13H,8-11H2,1H3. The minimum absolute atomic E-state index is 0.964. The first-order valence-corrected chi connectivity index (χ1v) is 8.94. The van der Waals surface area contributed by atoms with E-state index >= 15 is 0 Å². The average Bonchev–Trinajstić information content (AvgIpc) is 2.62. The first-order valence-electron chi connectivity index (χ1n) is 8.15. The summed E-state index contributed by atoms with van der Waals surface area (Å²) in [7, 11) is 2.18. The van der Waals surface area contributed by atoms with Crippen molar-refractivity contribution in [3.63, 3.8) is 0 Å². The van der Waals surface area contributed by atoms with Crippen molar-refractivity contribution in [3.8, 4) is 11.3 Å². The van der Waals surface area contributed by atoms with Gasteiger partial charge in [-0.3, -0.25) is 0 Å². The maximum Gasteiger partial charge on any atom is 0.116 e. The van der Waals surface area contributed by atoms with Gasteiger partial charge < -0.3 is 9.80 Å². The Hall–Kier alpha value is -1.98. The summed E-state index contributed by atoms with van der Waals surface area (Å²) in [5, 5.41) is 1.07. The van der Waals surface area contributed by atoms with Gasteiger partial charge in [0.05, 0.1) is 11.2 Å². The fraction of sp³-hybridized carbons (Fsp3) is 0.263. The number of rotatable bonds is 2. The molecule has 1 aliphatic heterocycles. The summed E-state index contributed by atoms with van der Waals surface area (Å²) in [5.41, 5.74) is 4.35. The Bertz CT molecular complexity index is 855. The van der Waals surface area contributed by atoms with Crippen LogP contribution in [-0.4, -0.2) is 48.1 Å². The van der Waals surface area contributed by atoms with E-state index in [4.69, 9.17) is 0 Å². The molecule has 1 saturated heterocycles. The van der Waals surface area contributed by atoms with Gasteiger partial charge in [-0.05, 0) is 37.4 Å². The molecule has 0 spiro atoms. The number of hydrogen-bond acceptors (Lipinski definition) is 4. The smallest absolute Gasteiger partial charge is 0.116 e. The van der Waals surface area contributed by atoms with Crippen molar-refractivity contribution >= 4 is 32.5 Å². The minimum atomic E-state index is 0.964. The van der Waals surface area contributed by atoms with Crippen LogP contribution in [0, 0.1) is 0 Å². The van der Waals surface area contributed by atoms with Gasteiger partial charge in [0.25, 0.3) is 0 Å². The summed E-state index contributed by atoms with van der Waals surface area (Å²) in [6.07, 6.45) is 1.64. The molecule has 4 nitrogen and oxygen atoms in total. The zero-order chi connectivity index (χ0) is 16.5. The number of hydrogen-bond donors (Lipinski definition) is 0. The third kappa shape index (κ3) is 3.01. The summed E-state index contributed by atoms with van der Waals surface area (Å²) >= 11 is 3.54. The van der Waals surface area contributed by atoms with Gasteiger partial charge in [0.1, 0.15) is 6.33 Å². The highest BCUT2D eigenvalue weighted by atomic mass is 79.9. The zero-order valence-electron chi connectivity index (χ0n) is 13.6. The van der Waals surface area contributed by atoms with Gasteiger partial charge in [-0.1, -0.05) is 28.1 Å². The number of anilines is 1. The lowest BCUT2D eigenvalue weighted by Gasteiger charge is -2.34. The predicted octanol–water partition coefficient (Wildman–Crippen LogP) is 3.81. The van der Waals surface area contributed by atoms with E-state index in [2.05, 4.69) is 73.1 Å². The molecule has 0 bridgehead atoms. The second-order valence-corrected chi connectivity index (χ2v) is 7.14. The molecular weight excluding hydrogens is 364 g/mol. The molecule has 24 heavy (non-hydrogen) atoms. The van der Waals surface area contributed by atoms with Crippen molar-refractivity contribution in [3.05, 3.63) is 53.3 Å². The largest absolute Gasteiger partial charge is 0.369 e. The minimum Gasteiger partial charge on any atom is -0.369 e. The SMILES string of the molecule is CN1CCN(c2ccc(-c3ncnc4ccc(Br)cc34)cc2)CC1. The lowest BCUT2D eigenvalue weighted by atomic mass is 10.1. The highest BCUT2D eigenvalue weighted by Gasteiger charge is 2.14. The lowest BCUT2D eigenvalue weighted by Crippen LogP contribution is -2.44. The van der Waals surface area contributed by atoms with Crippen molar-refractivity contribution in [2.45, 2.75) is 0 Å². The molecule has 0 atom stereocenters. The molecule has 1 fully saturated rings. The van der Waals surface area contributed by atoms with Crippen LogP contribution in [0.4, 0.5) is 5.69 Å². The van der Waals surface area contributed by atoms with E-state index in [1.807, 2.05) is 12.1 Å². The van der Waals surface area contributed by atoms with Crippen LogP contribution in [0.1, 0.15) is 0 Å². The maximum absolute atomic E-state index is 4.52. The van der Waals surface area contributed by atoms with Gasteiger partial charge in [0.2, 0.25) is 0 Å². The molecule has 1 aliphatic rings. The molecule has 0 amide bonds. The maximum atomic E-state index is 4.52. The summed E-state index contributed by atoms with van der Waals surface area (Å²) in [6.45, 7) is 4.40. The first kappa shape index (κ1) is 15.5. The topological polar surface area (TPSA) is 32.3 Å². The predicted molar refractivity (Wildman–Crippen MR) is 102 cm³/mol. The Morgan fingerprint density at radius 2 is 1.67 bits per heavy atom. The van der Waals surface area contributed by atoms with Gasteiger partial charge in [-0.2, -0.15) is 0 Å². The average molecular weight is 383 g/mol. The Labute approximate surface area is 150 Å². The number of likely N-dealkylation sites (N-methyl/N-ethyl adjacent to an activating group) is 1. The Morgan fingerprint density at radius 1 is 0.917 bits per heavy atom. The van der Waals surface area contributed by atoms with Crippen molar-refractivity contribution in [2.75, 3.05) is 38.1 Å². The normalized spacial score (nSPS) is 15.8. The summed E-state index contributed by atoms with van der Waals surface area (Å²) in [4.78, 5) is 13.7. The molecule has 3 aromatic rings. The van der Waals surface area contributed by atoms with E-state index in [0.29, 0.717) is 0 Å². The number of benzene rings is 2. The molecule has 0 aliphatic carbocycles. The van der Waals surface area contributed by atoms with E-state index in [1.54, 1.807) is 6.33 Å². The van der Waals surface area contributed by atoms with E-state index in [0.717, 1.165) is 52.8 Å². The molecule has 2 heterocycles. The molecule has 2 aromatic carbocycles. The quantitative estimate of drug-likeness (QED) is 0.674. The van der Waals surface area contributed by atoms with Crippen LogP contribution in [-0.2, 0) is 0 Å². The molecular formula is C19H19BrN4. The number of piperazine rings is 1. The zero-order valence-corrected chi connectivity index (χ0v) is 15.2. The molecule has 122 valence electrons. The second-order valence-electron chi connectivity index (χ2n) is 6.22. The highest BCUT2D eigenvalue weighted by Crippen LogP contribution is 2.29. The number of aromatic nitrogens is 2. The number of halogens is 1. The van der Waals surface area contributed by atoms with Crippen LogP contribution in [0.15, 0.2) is 53.3 Å². The molecule has 1 aromatic heterocycles. The van der Waals surface area contributed by atoms with Crippen LogP contribution < -0.4 is 4.90 Å². The Kier molecular flexibility index (Phi) is 4.21. The van der Waals surface area contributed by atoms with Gasteiger partial charge >= 0.3 is 0 Å². The second kappa shape index (κ2) is 6.49. The number of fused-ring (bicyclic) bond motifs is 1. The lowest BCUT2D eigenvalue weighted by molar-refractivity contribution is 0.313. The van der Waals surface area contributed by atoms with Crippen LogP contribution in [0.25, 0.3) is 22.2 Å². The molecule has 0 saturated carbocycles. The van der Waals surface area contributed by atoms with Gasteiger partial charge in [-0.15, -0.1) is 0 Å². The van der Waals surface area contributed by atoms with Crippen molar-refractivity contribution in [1.29, 1.82) is 0 Å². The van der Waals surface area contributed by atoms with Gasteiger partial charge in [-0.25, -0.2) is 9.97 Å². The van der Waals surface area contributed by atoms with E-state index in [1.165, 1.54) is 5.69 Å². The van der Waals surface area contributed by atoms with E-state index < -0.39 is 0 Å².